The zero-order chi connectivity index (χ0) is 6.95. The van der Waals surface area contributed by atoms with Crippen molar-refractivity contribution in [2.75, 3.05) is 0 Å². The second kappa shape index (κ2) is 8.40. The quantitative estimate of drug-likeness (QED) is 0.599. The fourth-order valence-corrected chi connectivity index (χ4v) is 1.06. The van der Waals surface area contributed by atoms with Crippen LogP contribution in [0.3, 0.4) is 0 Å². The molecule has 1 saturated carbocycles. The molecule has 0 radical (unpaired) electrons. The minimum atomic E-state index is -2.27. The topological polar surface area (TPSA) is 34.1 Å². The molecule has 1 aliphatic rings. The van der Waals surface area contributed by atoms with Crippen LogP contribution in [-0.2, 0) is 6.15 Å². The van der Waals surface area contributed by atoms with E-state index < -0.39 is 21.1 Å². The summed E-state index contributed by atoms with van der Waals surface area (Å²) in [5.41, 5.74) is 0. The number of rotatable bonds is 0. The van der Waals surface area contributed by atoms with Gasteiger partial charge in [-0.05, 0) is 0 Å². The molecule has 0 heterocycles. The van der Waals surface area contributed by atoms with E-state index >= 15 is 0 Å². The number of hydrogen-bond donors (Lipinski definition) is 0. The zero-order valence-corrected chi connectivity index (χ0v) is 8.41. The Labute approximate surface area is 66.0 Å². The second-order valence-corrected chi connectivity index (χ2v) is 2.68. The van der Waals surface area contributed by atoms with Gasteiger partial charge in [-0.2, -0.15) is 0 Å². The van der Waals surface area contributed by atoms with Gasteiger partial charge in [0.1, 0.15) is 0 Å². The summed E-state index contributed by atoms with van der Waals surface area (Å²) < 4.78 is 17.1. The molecule has 2 nitrogen and oxygen atoms in total. The van der Waals surface area contributed by atoms with Crippen molar-refractivity contribution in [3.05, 3.63) is 0 Å². The predicted molar refractivity (Wildman–Crippen MR) is 34.8 cm³/mol. The molecule has 0 aromatic rings. The monoisotopic (exact) mass is 236 g/mol. The van der Waals surface area contributed by atoms with Crippen molar-refractivity contribution in [1.82, 2.24) is 0 Å². The van der Waals surface area contributed by atoms with Crippen molar-refractivity contribution in [2.45, 2.75) is 38.5 Å². The summed E-state index contributed by atoms with van der Waals surface area (Å²) in [6, 6.07) is 0. The summed E-state index contributed by atoms with van der Waals surface area (Å²) in [7, 11) is 0. The van der Waals surface area contributed by atoms with Crippen LogP contribution in [0.4, 0.5) is 0 Å². The summed E-state index contributed by atoms with van der Waals surface area (Å²) in [6.45, 7) is 0. The zero-order valence-electron chi connectivity index (χ0n) is 5.56. The van der Waals surface area contributed by atoms with Crippen LogP contribution in [0.1, 0.15) is 38.5 Å². The van der Waals surface area contributed by atoms with E-state index in [1.807, 2.05) is 0 Å². The van der Waals surface area contributed by atoms with Crippen molar-refractivity contribution in [3.8, 4) is 0 Å². The Kier molecular flexibility index (Phi) is 8.77. The Balaban J connectivity index is 0.000000187. The molecule has 0 spiro atoms. The predicted octanol–water partition coefficient (Wildman–Crippen LogP) is 1.72. The van der Waals surface area contributed by atoms with Gasteiger partial charge >= 0.3 is 27.3 Å². The van der Waals surface area contributed by atoms with E-state index in [1.165, 1.54) is 38.5 Å². The van der Waals surface area contributed by atoms with Crippen LogP contribution in [0.2, 0.25) is 0 Å². The minimum absolute atomic E-state index is 1.50. The van der Waals surface area contributed by atoms with Crippen LogP contribution < -0.4 is 0 Å². The van der Waals surface area contributed by atoms with Crippen molar-refractivity contribution in [1.29, 1.82) is 0 Å². The third-order valence-electron chi connectivity index (χ3n) is 1.50. The van der Waals surface area contributed by atoms with Crippen molar-refractivity contribution in [3.63, 3.8) is 0 Å². The van der Waals surface area contributed by atoms with Gasteiger partial charge in [0, 0.05) is 0 Å². The van der Waals surface area contributed by atoms with Gasteiger partial charge in [0.15, 0.2) is 0 Å². The Bertz CT molecular complexity index is 71.5. The van der Waals surface area contributed by atoms with E-state index in [-0.39, 0.29) is 0 Å². The van der Waals surface area contributed by atoms with Crippen LogP contribution in [0.5, 0.6) is 0 Å². The molecule has 9 heavy (non-hydrogen) atoms. The van der Waals surface area contributed by atoms with Crippen LogP contribution >= 0.6 is 0 Å². The van der Waals surface area contributed by atoms with Crippen molar-refractivity contribution in [2.24, 2.45) is 0 Å². The number of hydrogen-bond acceptors (Lipinski definition) is 2. The molecule has 0 unspecified atom stereocenters. The first kappa shape index (κ1) is 9.40. The van der Waals surface area contributed by atoms with Gasteiger partial charge in [-0.1, -0.05) is 38.5 Å². The first-order chi connectivity index (χ1) is 4.41. The third kappa shape index (κ3) is 8.40. The van der Waals surface area contributed by atoms with Gasteiger partial charge in [-0.25, -0.2) is 0 Å². The average molecular weight is 235 g/mol. The SMILES string of the molecule is C1CCCCC1.[O]=[Sn]=[O]. The van der Waals surface area contributed by atoms with Crippen LogP contribution in [-0.4, -0.2) is 21.1 Å². The molecule has 3 heteroatoms. The molecule has 0 atom stereocenters. The molecule has 1 rings (SSSR count). The van der Waals surface area contributed by atoms with Gasteiger partial charge in [-0.15, -0.1) is 0 Å². The van der Waals surface area contributed by atoms with Crippen molar-refractivity contribution >= 4 is 21.1 Å². The first-order valence-corrected chi connectivity index (χ1v) is 5.74. The van der Waals surface area contributed by atoms with Gasteiger partial charge in [0.2, 0.25) is 0 Å². The molecular weight excluding hydrogens is 223 g/mol. The Morgan fingerprint density at radius 3 is 0.889 bits per heavy atom. The summed E-state index contributed by atoms with van der Waals surface area (Å²) in [4.78, 5) is 0. The van der Waals surface area contributed by atoms with E-state index in [0.29, 0.717) is 0 Å². The molecule has 0 aliphatic heterocycles. The standard InChI is InChI=1S/C6H12.2O.Sn/c1-2-4-6-5-3-1;;;/h1-6H2;;;. The Hall–Kier alpha value is 0.399. The second-order valence-electron chi connectivity index (χ2n) is 2.20. The van der Waals surface area contributed by atoms with Crippen LogP contribution in [0, 0.1) is 0 Å². The molecule has 1 fully saturated rings. The van der Waals surface area contributed by atoms with E-state index in [0.717, 1.165) is 0 Å². The average Bonchev–Trinajstić information content (AvgIpc) is 1.93. The maximum atomic E-state index is 8.54. The summed E-state index contributed by atoms with van der Waals surface area (Å²) in [6.07, 6.45) is 9.00. The summed E-state index contributed by atoms with van der Waals surface area (Å²) in [5, 5.41) is 0. The Morgan fingerprint density at radius 2 is 0.778 bits per heavy atom. The normalized spacial score (nSPS) is 16.9. The first-order valence-electron chi connectivity index (χ1n) is 3.41. The molecule has 0 amide bonds. The fraction of sp³-hybridized carbons (Fsp3) is 1.00. The summed E-state index contributed by atoms with van der Waals surface area (Å²) in [5.74, 6) is 0. The van der Waals surface area contributed by atoms with E-state index in [1.54, 1.807) is 0 Å². The van der Waals surface area contributed by atoms with E-state index in [2.05, 4.69) is 0 Å². The molecule has 0 saturated heterocycles. The van der Waals surface area contributed by atoms with Gasteiger partial charge < -0.3 is 0 Å². The molecule has 0 aromatic heterocycles. The van der Waals surface area contributed by atoms with Crippen molar-refractivity contribution < 1.29 is 6.15 Å². The molecule has 0 N–H and O–H groups in total. The van der Waals surface area contributed by atoms with Gasteiger partial charge in [-0.3, -0.25) is 0 Å². The molecule has 0 bridgehead atoms. The molecule has 52 valence electrons. The molecule has 1 aliphatic carbocycles. The molecular formula is C6H12O2Sn. The third-order valence-corrected chi connectivity index (χ3v) is 1.50. The van der Waals surface area contributed by atoms with E-state index in [4.69, 9.17) is 6.15 Å². The van der Waals surface area contributed by atoms with Gasteiger partial charge in [0.25, 0.3) is 0 Å². The van der Waals surface area contributed by atoms with Crippen LogP contribution in [0.25, 0.3) is 0 Å². The van der Waals surface area contributed by atoms with Gasteiger partial charge in [0.05, 0.1) is 0 Å². The maximum absolute atomic E-state index is 8.54. The van der Waals surface area contributed by atoms with E-state index in [9.17, 15) is 0 Å². The van der Waals surface area contributed by atoms with Crippen LogP contribution in [0.15, 0.2) is 0 Å². The molecule has 0 aromatic carbocycles. The summed E-state index contributed by atoms with van der Waals surface area (Å²) >= 11 is -2.27. The fourth-order valence-electron chi connectivity index (χ4n) is 1.06. The Morgan fingerprint density at radius 1 is 0.667 bits per heavy atom.